The third-order valence-electron chi connectivity index (χ3n) is 4.47. The molecule has 0 aliphatic carbocycles. The van der Waals surface area contributed by atoms with Gasteiger partial charge in [0.05, 0.1) is 0 Å². The minimum absolute atomic E-state index is 0.0148. The number of amides is 3. The van der Waals surface area contributed by atoms with Crippen LogP contribution in [-0.4, -0.2) is 27.0 Å². The normalized spacial score (nSPS) is 15.7. The Kier molecular flexibility index (Phi) is 4.05. The Morgan fingerprint density at radius 2 is 1.59 bits per heavy atom. The molecule has 0 unspecified atom stereocenters. The molecule has 1 saturated heterocycles. The number of carbonyl (C=O) groups is 2. The molecule has 3 aromatic rings. The molecule has 2 aromatic carbocycles. The lowest BCUT2D eigenvalue weighted by Gasteiger charge is -2.35. The van der Waals surface area contributed by atoms with E-state index >= 15 is 0 Å². The third kappa shape index (κ3) is 2.61. The number of hydrogen-bond acceptors (Lipinski definition) is 7. The number of rotatable bonds is 5. The van der Waals surface area contributed by atoms with Crippen molar-refractivity contribution in [1.82, 2.24) is 20.4 Å². The highest BCUT2D eigenvalue weighted by molar-refractivity contribution is 6.09. The van der Waals surface area contributed by atoms with Crippen LogP contribution in [0.5, 0.6) is 0 Å². The van der Waals surface area contributed by atoms with Crippen LogP contribution in [0.15, 0.2) is 65.1 Å². The quantitative estimate of drug-likeness (QED) is 0.354. The Morgan fingerprint density at radius 3 is 2.11 bits per heavy atom. The van der Waals surface area contributed by atoms with Gasteiger partial charge in [0.1, 0.15) is 6.54 Å². The van der Waals surface area contributed by atoms with Crippen molar-refractivity contribution in [1.29, 1.82) is 0 Å². The largest absolute Gasteiger partial charge is 0.405 e. The average Bonchev–Trinajstić information content (AvgIpc) is 3.26. The molecule has 4 rings (SSSR count). The second-order valence-electron chi connectivity index (χ2n) is 5.93. The highest BCUT2D eigenvalue weighted by atomic mass is 16.4. The molecule has 1 aromatic heterocycles. The molecule has 0 radical (unpaired) electrons. The summed E-state index contributed by atoms with van der Waals surface area (Å²) in [5, 5.41) is 10.0. The molecule has 1 fully saturated rings. The maximum Gasteiger partial charge on any atom is 0.330 e. The minimum atomic E-state index is -1.36. The lowest BCUT2D eigenvalue weighted by atomic mass is 9.81. The number of nitrogens with one attached hydrogen (secondary N) is 2. The van der Waals surface area contributed by atoms with Crippen molar-refractivity contribution < 1.29 is 14.0 Å². The molecule has 9 nitrogen and oxygen atoms in total. The van der Waals surface area contributed by atoms with E-state index in [9.17, 15) is 9.59 Å². The first-order valence-electron chi connectivity index (χ1n) is 8.19. The van der Waals surface area contributed by atoms with E-state index in [1.54, 1.807) is 24.3 Å². The number of urea groups is 1. The lowest BCUT2D eigenvalue weighted by Crippen LogP contribution is -2.47. The van der Waals surface area contributed by atoms with Crippen molar-refractivity contribution in [2.75, 3.05) is 5.43 Å². The van der Waals surface area contributed by atoms with Crippen LogP contribution >= 0.6 is 0 Å². The number of aromatic nitrogens is 2. The van der Waals surface area contributed by atoms with Gasteiger partial charge in [0.25, 0.3) is 5.91 Å². The van der Waals surface area contributed by atoms with E-state index in [-0.39, 0.29) is 18.5 Å². The fourth-order valence-corrected chi connectivity index (χ4v) is 3.33. The van der Waals surface area contributed by atoms with E-state index in [4.69, 9.17) is 10.3 Å². The van der Waals surface area contributed by atoms with E-state index in [2.05, 4.69) is 20.9 Å². The minimum Gasteiger partial charge on any atom is -0.405 e. The summed E-state index contributed by atoms with van der Waals surface area (Å²) in [4.78, 5) is 27.2. The number of hydrazine groups is 1. The van der Waals surface area contributed by atoms with Crippen molar-refractivity contribution >= 4 is 18.0 Å². The highest BCUT2D eigenvalue weighted by Crippen LogP contribution is 2.40. The van der Waals surface area contributed by atoms with E-state index in [1.807, 2.05) is 36.4 Å². The van der Waals surface area contributed by atoms with Crippen LogP contribution in [0.4, 0.5) is 10.8 Å². The number of benzene rings is 2. The zero-order valence-electron chi connectivity index (χ0n) is 14.1. The third-order valence-corrected chi connectivity index (χ3v) is 4.47. The number of hydrogen-bond donors (Lipinski definition) is 3. The fraction of sp³-hybridized carbons (Fsp3) is 0.111. The first-order chi connectivity index (χ1) is 13.2. The second-order valence-corrected chi connectivity index (χ2v) is 5.93. The van der Waals surface area contributed by atoms with E-state index in [0.29, 0.717) is 11.1 Å². The van der Waals surface area contributed by atoms with Gasteiger partial charge in [-0.15, -0.1) is 5.10 Å². The molecule has 4 N–H and O–H groups in total. The van der Waals surface area contributed by atoms with E-state index < -0.39 is 17.5 Å². The Bertz CT molecular complexity index is 934. The molecule has 0 bridgehead atoms. The molecule has 2 heterocycles. The summed E-state index contributed by atoms with van der Waals surface area (Å²) in [6.07, 6.45) is 0. The van der Waals surface area contributed by atoms with Crippen LogP contribution in [0.1, 0.15) is 17.0 Å². The summed E-state index contributed by atoms with van der Waals surface area (Å²) in [6.45, 7) is -0.0734. The van der Waals surface area contributed by atoms with Crippen LogP contribution in [0.25, 0.3) is 0 Å². The molecule has 1 aliphatic heterocycles. The number of nitrogen functional groups attached to an aromatic ring is 1. The topological polar surface area (TPSA) is 126 Å². The summed E-state index contributed by atoms with van der Waals surface area (Å²) in [5.74, 6) is 4.96. The van der Waals surface area contributed by atoms with E-state index in [1.165, 1.54) is 4.90 Å². The zero-order valence-corrected chi connectivity index (χ0v) is 14.1. The molecular weight excluding hydrogens is 348 g/mol. The number of nitrogens with two attached hydrogens (primary N) is 1. The SMILES string of the molecule is NNc1nnc(CN2C(=O)NC(=O)C2(c2ccccc2)c2ccccc2)o1. The van der Waals surface area contributed by atoms with Crippen LogP contribution in [0.2, 0.25) is 0 Å². The van der Waals surface area contributed by atoms with Gasteiger partial charge in [-0.1, -0.05) is 65.8 Å². The van der Waals surface area contributed by atoms with Crippen LogP contribution in [-0.2, 0) is 16.9 Å². The Labute approximate surface area is 154 Å². The van der Waals surface area contributed by atoms with Gasteiger partial charge < -0.3 is 4.42 Å². The monoisotopic (exact) mass is 364 g/mol. The predicted octanol–water partition coefficient (Wildman–Crippen LogP) is 1.35. The number of nitrogens with zero attached hydrogens (tertiary/aromatic N) is 3. The number of anilines is 1. The van der Waals surface area contributed by atoms with Gasteiger partial charge in [-0.2, -0.15) is 0 Å². The molecule has 0 spiro atoms. The van der Waals surface area contributed by atoms with Gasteiger partial charge in [0.15, 0.2) is 5.54 Å². The van der Waals surface area contributed by atoms with Crippen molar-refractivity contribution in [3.63, 3.8) is 0 Å². The summed E-state index contributed by atoms with van der Waals surface area (Å²) < 4.78 is 5.35. The number of imide groups is 1. The molecule has 136 valence electrons. The van der Waals surface area contributed by atoms with Crippen LogP contribution in [0.3, 0.4) is 0 Å². The maximum atomic E-state index is 13.1. The van der Waals surface area contributed by atoms with Crippen LogP contribution in [0, 0.1) is 0 Å². The maximum absolute atomic E-state index is 13.1. The van der Waals surface area contributed by atoms with Gasteiger partial charge in [0, 0.05) is 0 Å². The standard InChI is InChI=1S/C18H16N6O3/c19-21-16-23-22-14(27-16)11-24-17(26)20-15(25)18(24,12-7-3-1-4-8-12)13-9-5-2-6-10-13/h1-10H,11,19H2,(H,21,23)(H,20,25,26). The van der Waals surface area contributed by atoms with Gasteiger partial charge in [-0.3, -0.25) is 20.4 Å². The Balaban J connectivity index is 1.88. The summed E-state index contributed by atoms with van der Waals surface area (Å²) in [7, 11) is 0. The lowest BCUT2D eigenvalue weighted by molar-refractivity contribution is -0.125. The van der Waals surface area contributed by atoms with Gasteiger partial charge in [-0.05, 0) is 11.1 Å². The first-order valence-corrected chi connectivity index (χ1v) is 8.19. The molecular formula is C18H16N6O3. The Morgan fingerprint density at radius 1 is 1.00 bits per heavy atom. The molecule has 27 heavy (non-hydrogen) atoms. The van der Waals surface area contributed by atoms with Crippen molar-refractivity contribution in [2.45, 2.75) is 12.1 Å². The second kappa shape index (κ2) is 6.54. The molecule has 1 aliphatic rings. The summed E-state index contributed by atoms with van der Waals surface area (Å²) >= 11 is 0. The molecule has 0 saturated carbocycles. The first kappa shape index (κ1) is 16.7. The van der Waals surface area contributed by atoms with E-state index in [0.717, 1.165) is 0 Å². The van der Waals surface area contributed by atoms with Gasteiger partial charge in [-0.25, -0.2) is 10.6 Å². The highest BCUT2D eigenvalue weighted by Gasteiger charge is 2.55. The van der Waals surface area contributed by atoms with Crippen molar-refractivity contribution in [2.24, 2.45) is 5.84 Å². The molecule has 9 heteroatoms. The van der Waals surface area contributed by atoms with Crippen molar-refractivity contribution in [3.05, 3.63) is 77.7 Å². The fourth-order valence-electron chi connectivity index (χ4n) is 3.33. The number of carbonyl (C=O) groups excluding carboxylic acids is 2. The van der Waals surface area contributed by atoms with Crippen LogP contribution < -0.4 is 16.6 Å². The Hall–Kier alpha value is -3.72. The zero-order chi connectivity index (χ0) is 18.9. The van der Waals surface area contributed by atoms with Crippen molar-refractivity contribution in [3.8, 4) is 0 Å². The molecule has 3 amide bonds. The average molecular weight is 364 g/mol. The summed E-state index contributed by atoms with van der Waals surface area (Å²) in [5.41, 5.74) is 2.19. The summed E-state index contributed by atoms with van der Waals surface area (Å²) in [6, 6.07) is 17.6. The predicted molar refractivity (Wildman–Crippen MR) is 94.9 cm³/mol. The van der Waals surface area contributed by atoms with Gasteiger partial charge in [0.2, 0.25) is 5.89 Å². The smallest absolute Gasteiger partial charge is 0.330 e. The molecule has 0 atom stereocenters. The van der Waals surface area contributed by atoms with Gasteiger partial charge >= 0.3 is 12.0 Å².